The Kier molecular flexibility index (Phi) is 8.05. The SMILES string of the molecule is CCOC(=O)CNC(=O)CSc1nnc(COc2ccc(C)cc2)n1-c1ccccc1. The van der Waals surface area contributed by atoms with Crippen molar-refractivity contribution in [3.05, 3.63) is 66.0 Å². The number of hydrogen-bond acceptors (Lipinski definition) is 7. The molecule has 1 amide bonds. The Hall–Kier alpha value is -3.33. The van der Waals surface area contributed by atoms with Crippen LogP contribution in [0.5, 0.6) is 5.75 Å². The van der Waals surface area contributed by atoms with E-state index in [-0.39, 0.29) is 31.4 Å². The molecule has 1 N–H and O–H groups in total. The Morgan fingerprint density at radius 2 is 1.81 bits per heavy atom. The highest BCUT2D eigenvalue weighted by molar-refractivity contribution is 7.99. The number of nitrogens with zero attached hydrogens (tertiary/aromatic N) is 3. The van der Waals surface area contributed by atoms with Crippen LogP contribution >= 0.6 is 11.8 Å². The minimum Gasteiger partial charge on any atom is -0.486 e. The van der Waals surface area contributed by atoms with Crippen LogP contribution in [0.3, 0.4) is 0 Å². The van der Waals surface area contributed by atoms with E-state index in [1.165, 1.54) is 11.8 Å². The number of carbonyl (C=O) groups excluding carboxylic acids is 2. The Morgan fingerprint density at radius 3 is 2.52 bits per heavy atom. The van der Waals surface area contributed by atoms with Crippen molar-refractivity contribution < 1.29 is 19.1 Å². The molecule has 0 saturated heterocycles. The third kappa shape index (κ3) is 6.58. The first-order chi connectivity index (χ1) is 15.1. The van der Waals surface area contributed by atoms with Crippen molar-refractivity contribution in [1.82, 2.24) is 20.1 Å². The number of ether oxygens (including phenoxy) is 2. The van der Waals surface area contributed by atoms with Gasteiger partial charge in [-0.05, 0) is 38.1 Å². The third-order valence-corrected chi connectivity index (χ3v) is 5.10. The first kappa shape index (κ1) is 22.4. The first-order valence-electron chi connectivity index (χ1n) is 9.81. The van der Waals surface area contributed by atoms with Gasteiger partial charge in [-0.15, -0.1) is 10.2 Å². The van der Waals surface area contributed by atoms with Crippen molar-refractivity contribution in [3.63, 3.8) is 0 Å². The number of hydrogen-bond donors (Lipinski definition) is 1. The minimum absolute atomic E-state index is 0.0865. The van der Waals surface area contributed by atoms with Crippen molar-refractivity contribution in [1.29, 1.82) is 0 Å². The molecule has 3 rings (SSSR count). The number of aryl methyl sites for hydroxylation is 1. The fraction of sp³-hybridized carbons (Fsp3) is 0.273. The summed E-state index contributed by atoms with van der Waals surface area (Å²) in [6.45, 7) is 4.07. The molecule has 0 atom stereocenters. The van der Waals surface area contributed by atoms with E-state index in [9.17, 15) is 9.59 Å². The first-order valence-corrected chi connectivity index (χ1v) is 10.8. The van der Waals surface area contributed by atoms with E-state index < -0.39 is 5.97 Å². The lowest BCUT2D eigenvalue weighted by Gasteiger charge is -2.11. The van der Waals surface area contributed by atoms with E-state index >= 15 is 0 Å². The van der Waals surface area contributed by atoms with E-state index in [1.807, 2.05) is 66.1 Å². The van der Waals surface area contributed by atoms with Crippen molar-refractivity contribution in [3.8, 4) is 11.4 Å². The van der Waals surface area contributed by atoms with Gasteiger partial charge in [-0.25, -0.2) is 0 Å². The van der Waals surface area contributed by atoms with Crippen LogP contribution in [0.4, 0.5) is 0 Å². The minimum atomic E-state index is -0.469. The Labute approximate surface area is 185 Å². The predicted octanol–water partition coefficient (Wildman–Crippen LogP) is 2.93. The summed E-state index contributed by atoms with van der Waals surface area (Å²) >= 11 is 1.23. The molecule has 31 heavy (non-hydrogen) atoms. The maximum Gasteiger partial charge on any atom is 0.325 e. The fourth-order valence-corrected chi connectivity index (χ4v) is 3.47. The summed E-state index contributed by atoms with van der Waals surface area (Å²) in [5.41, 5.74) is 2.02. The van der Waals surface area contributed by atoms with Crippen LogP contribution < -0.4 is 10.1 Å². The van der Waals surface area contributed by atoms with Crippen molar-refractivity contribution in [2.45, 2.75) is 25.6 Å². The number of carbonyl (C=O) groups is 2. The number of aromatic nitrogens is 3. The smallest absolute Gasteiger partial charge is 0.325 e. The Morgan fingerprint density at radius 1 is 1.06 bits per heavy atom. The van der Waals surface area contributed by atoms with E-state index in [4.69, 9.17) is 9.47 Å². The number of thioether (sulfide) groups is 1. The molecule has 1 aromatic heterocycles. The van der Waals surface area contributed by atoms with Crippen molar-refractivity contribution in [2.75, 3.05) is 18.9 Å². The van der Waals surface area contributed by atoms with Crippen molar-refractivity contribution in [2.24, 2.45) is 0 Å². The van der Waals surface area contributed by atoms with E-state index in [0.29, 0.717) is 11.0 Å². The van der Waals surface area contributed by atoms with Crippen molar-refractivity contribution >= 4 is 23.6 Å². The summed E-state index contributed by atoms with van der Waals surface area (Å²) in [5, 5.41) is 11.6. The molecule has 1 heterocycles. The van der Waals surface area contributed by atoms with E-state index in [1.54, 1.807) is 6.92 Å². The molecule has 0 unspecified atom stereocenters. The number of nitrogens with one attached hydrogen (secondary N) is 1. The van der Waals surface area contributed by atoms with Crippen LogP contribution in [0.1, 0.15) is 18.3 Å². The topological polar surface area (TPSA) is 95.3 Å². The molecular weight excluding hydrogens is 416 g/mol. The highest BCUT2D eigenvalue weighted by Crippen LogP contribution is 2.23. The lowest BCUT2D eigenvalue weighted by molar-refractivity contribution is -0.143. The maximum absolute atomic E-state index is 12.1. The average Bonchev–Trinajstić information content (AvgIpc) is 3.19. The molecule has 0 bridgehead atoms. The van der Waals surface area contributed by atoms with Gasteiger partial charge in [0.1, 0.15) is 18.9 Å². The normalized spacial score (nSPS) is 10.5. The molecule has 0 aliphatic carbocycles. The zero-order chi connectivity index (χ0) is 22.1. The second-order valence-electron chi connectivity index (χ2n) is 6.54. The quantitative estimate of drug-likeness (QED) is 0.383. The molecule has 0 spiro atoms. The Bertz CT molecular complexity index is 1010. The number of esters is 1. The highest BCUT2D eigenvalue weighted by atomic mass is 32.2. The van der Waals surface area contributed by atoms with Gasteiger partial charge in [0.15, 0.2) is 11.0 Å². The second-order valence-corrected chi connectivity index (χ2v) is 7.48. The zero-order valence-electron chi connectivity index (χ0n) is 17.4. The van der Waals surface area contributed by atoms with Gasteiger partial charge >= 0.3 is 5.97 Å². The van der Waals surface area contributed by atoms with Crippen LogP contribution in [-0.2, 0) is 20.9 Å². The molecule has 8 nitrogen and oxygen atoms in total. The third-order valence-electron chi connectivity index (χ3n) is 4.17. The van der Waals surface area contributed by atoms with Gasteiger partial charge in [0.2, 0.25) is 5.91 Å². The van der Waals surface area contributed by atoms with Gasteiger partial charge in [0, 0.05) is 5.69 Å². The maximum atomic E-state index is 12.1. The molecular formula is C22H24N4O4S. The standard InChI is InChI=1S/C22H24N4O4S/c1-3-29-21(28)13-23-20(27)15-31-22-25-24-19(26(22)17-7-5-4-6-8-17)14-30-18-11-9-16(2)10-12-18/h4-12H,3,13-15H2,1-2H3,(H,23,27). The lowest BCUT2D eigenvalue weighted by atomic mass is 10.2. The van der Waals surface area contributed by atoms with Crippen LogP contribution in [0.2, 0.25) is 0 Å². The van der Waals surface area contributed by atoms with Gasteiger partial charge < -0.3 is 14.8 Å². The van der Waals surface area contributed by atoms with Crippen LogP contribution in [-0.4, -0.2) is 45.5 Å². The average molecular weight is 441 g/mol. The molecule has 0 saturated carbocycles. The zero-order valence-corrected chi connectivity index (χ0v) is 18.2. The molecule has 0 aliphatic heterocycles. The summed E-state index contributed by atoms with van der Waals surface area (Å²) in [6.07, 6.45) is 0. The fourth-order valence-electron chi connectivity index (χ4n) is 2.67. The largest absolute Gasteiger partial charge is 0.486 e. The number of amides is 1. The summed E-state index contributed by atoms with van der Waals surface area (Å²) in [7, 11) is 0. The summed E-state index contributed by atoms with van der Waals surface area (Å²) < 4.78 is 12.5. The van der Waals surface area contributed by atoms with Gasteiger partial charge in [-0.3, -0.25) is 14.2 Å². The molecule has 3 aromatic rings. The van der Waals surface area contributed by atoms with E-state index in [2.05, 4.69) is 15.5 Å². The number of benzene rings is 2. The number of para-hydroxylation sites is 1. The summed E-state index contributed by atoms with van der Waals surface area (Å²) in [6, 6.07) is 17.4. The molecule has 0 aliphatic rings. The highest BCUT2D eigenvalue weighted by Gasteiger charge is 2.17. The second kappa shape index (κ2) is 11.2. The van der Waals surface area contributed by atoms with Crippen LogP contribution in [0.25, 0.3) is 5.69 Å². The molecule has 162 valence electrons. The molecule has 2 aromatic carbocycles. The van der Waals surface area contributed by atoms with Gasteiger partial charge in [-0.1, -0.05) is 47.7 Å². The Balaban J connectivity index is 1.69. The molecule has 0 fully saturated rings. The van der Waals surface area contributed by atoms with Gasteiger partial charge in [0.25, 0.3) is 0 Å². The van der Waals surface area contributed by atoms with Gasteiger partial charge in [-0.2, -0.15) is 0 Å². The lowest BCUT2D eigenvalue weighted by Crippen LogP contribution is -2.31. The summed E-state index contributed by atoms with van der Waals surface area (Å²) in [5.74, 6) is 0.673. The van der Waals surface area contributed by atoms with Crippen LogP contribution in [0, 0.1) is 6.92 Å². The molecule has 0 radical (unpaired) electrons. The molecule has 9 heteroatoms. The monoisotopic (exact) mass is 440 g/mol. The predicted molar refractivity (Wildman–Crippen MR) is 117 cm³/mol. The summed E-state index contributed by atoms with van der Waals surface area (Å²) in [4.78, 5) is 23.5. The number of rotatable bonds is 10. The van der Waals surface area contributed by atoms with E-state index in [0.717, 1.165) is 17.0 Å². The van der Waals surface area contributed by atoms with Crippen LogP contribution in [0.15, 0.2) is 59.8 Å². The van der Waals surface area contributed by atoms with Gasteiger partial charge in [0.05, 0.1) is 12.4 Å².